The Bertz CT molecular complexity index is 447. The van der Waals surface area contributed by atoms with Crippen LogP contribution in [0.4, 0.5) is 5.95 Å². The maximum atomic E-state index is 11.0. The van der Waals surface area contributed by atoms with Crippen LogP contribution in [0.2, 0.25) is 0 Å². The predicted octanol–water partition coefficient (Wildman–Crippen LogP) is 1.08. The van der Waals surface area contributed by atoms with Crippen LogP contribution in [0.5, 0.6) is 0 Å². The highest BCUT2D eigenvalue weighted by Crippen LogP contribution is 2.18. The van der Waals surface area contributed by atoms with E-state index in [1.165, 1.54) is 6.20 Å². The smallest absolute Gasteiger partial charge is 0.355 e. The Labute approximate surface area is 114 Å². The van der Waals surface area contributed by atoms with Crippen molar-refractivity contribution < 1.29 is 9.90 Å². The number of carbonyl (C=O) groups is 1. The summed E-state index contributed by atoms with van der Waals surface area (Å²) < 4.78 is 0.408. The lowest BCUT2D eigenvalue weighted by atomic mass is 10.3. The van der Waals surface area contributed by atoms with E-state index in [9.17, 15) is 4.79 Å². The number of hydrogen-bond acceptors (Lipinski definition) is 5. The van der Waals surface area contributed by atoms with Crippen LogP contribution < -0.4 is 4.90 Å². The molecule has 1 aliphatic heterocycles. The summed E-state index contributed by atoms with van der Waals surface area (Å²) >= 11 is 3.14. The number of aromatic carboxylic acids is 1. The molecule has 0 amide bonds. The van der Waals surface area contributed by atoms with Gasteiger partial charge in [-0.3, -0.25) is 0 Å². The Hall–Kier alpha value is -1.21. The molecule has 0 spiro atoms. The lowest BCUT2D eigenvalue weighted by Crippen LogP contribution is -2.46. The third kappa shape index (κ3) is 2.78. The molecule has 18 heavy (non-hydrogen) atoms. The van der Waals surface area contributed by atoms with Crippen LogP contribution in [0.1, 0.15) is 17.4 Å². The first-order valence-corrected chi connectivity index (χ1v) is 6.64. The van der Waals surface area contributed by atoms with Crippen molar-refractivity contribution in [3.8, 4) is 0 Å². The molecule has 1 aromatic rings. The molecular weight excluding hydrogens is 300 g/mol. The Morgan fingerprint density at radius 1 is 1.44 bits per heavy atom. The predicted molar refractivity (Wildman–Crippen MR) is 71.0 cm³/mol. The number of piperazine rings is 1. The summed E-state index contributed by atoms with van der Waals surface area (Å²) in [5.41, 5.74) is 0.0120. The van der Waals surface area contributed by atoms with Gasteiger partial charge in [0.25, 0.3) is 0 Å². The second kappa shape index (κ2) is 5.62. The zero-order valence-corrected chi connectivity index (χ0v) is 11.7. The van der Waals surface area contributed by atoms with Crippen LogP contribution in [-0.4, -0.2) is 58.7 Å². The van der Waals surface area contributed by atoms with Gasteiger partial charge in [0.15, 0.2) is 5.69 Å². The number of nitrogens with zero attached hydrogens (tertiary/aromatic N) is 4. The van der Waals surface area contributed by atoms with Gasteiger partial charge < -0.3 is 14.9 Å². The zero-order chi connectivity index (χ0) is 13.1. The van der Waals surface area contributed by atoms with Crippen LogP contribution >= 0.6 is 15.9 Å². The minimum Gasteiger partial charge on any atom is -0.476 e. The van der Waals surface area contributed by atoms with Crippen molar-refractivity contribution in [1.82, 2.24) is 14.9 Å². The van der Waals surface area contributed by atoms with Gasteiger partial charge in [-0.1, -0.05) is 6.92 Å². The fourth-order valence-electron chi connectivity index (χ4n) is 1.92. The fraction of sp³-hybridized carbons (Fsp3) is 0.545. The highest BCUT2D eigenvalue weighted by molar-refractivity contribution is 9.10. The lowest BCUT2D eigenvalue weighted by Gasteiger charge is -2.34. The Kier molecular flexibility index (Phi) is 4.13. The molecule has 1 saturated heterocycles. The average Bonchev–Trinajstić information content (AvgIpc) is 2.39. The minimum atomic E-state index is -1.04. The molecule has 1 aliphatic rings. The van der Waals surface area contributed by atoms with Crippen molar-refractivity contribution in [1.29, 1.82) is 0 Å². The quantitative estimate of drug-likeness (QED) is 0.900. The molecule has 0 aliphatic carbocycles. The second-order valence-corrected chi connectivity index (χ2v) is 4.95. The molecule has 7 heteroatoms. The van der Waals surface area contributed by atoms with Gasteiger partial charge in [-0.15, -0.1) is 0 Å². The summed E-state index contributed by atoms with van der Waals surface area (Å²) in [5, 5.41) is 9.02. The fourth-order valence-corrected chi connectivity index (χ4v) is 2.28. The third-order valence-electron chi connectivity index (χ3n) is 3.04. The second-order valence-electron chi connectivity index (χ2n) is 4.09. The molecule has 1 aromatic heterocycles. The maximum Gasteiger partial charge on any atom is 0.355 e. The maximum absolute atomic E-state index is 11.0. The summed E-state index contributed by atoms with van der Waals surface area (Å²) in [7, 11) is 0. The zero-order valence-electron chi connectivity index (χ0n) is 10.1. The van der Waals surface area contributed by atoms with E-state index in [-0.39, 0.29) is 5.69 Å². The first kappa shape index (κ1) is 13.2. The molecule has 0 unspecified atom stereocenters. The topological polar surface area (TPSA) is 69.6 Å². The summed E-state index contributed by atoms with van der Waals surface area (Å²) in [6, 6.07) is 0. The number of anilines is 1. The van der Waals surface area contributed by atoms with Crippen molar-refractivity contribution in [3.05, 3.63) is 16.4 Å². The van der Waals surface area contributed by atoms with Gasteiger partial charge in [-0.25, -0.2) is 14.8 Å². The largest absolute Gasteiger partial charge is 0.476 e. The van der Waals surface area contributed by atoms with E-state index in [0.29, 0.717) is 10.4 Å². The van der Waals surface area contributed by atoms with E-state index in [2.05, 4.69) is 37.7 Å². The van der Waals surface area contributed by atoms with Gasteiger partial charge in [0.1, 0.15) is 0 Å². The van der Waals surface area contributed by atoms with Gasteiger partial charge in [0.2, 0.25) is 5.95 Å². The molecule has 1 N–H and O–H groups in total. The first-order chi connectivity index (χ1) is 8.61. The van der Waals surface area contributed by atoms with Crippen molar-refractivity contribution in [2.75, 3.05) is 37.6 Å². The van der Waals surface area contributed by atoms with E-state index < -0.39 is 5.97 Å². The molecule has 0 saturated carbocycles. The molecular formula is C11H15BrN4O2. The first-order valence-electron chi connectivity index (χ1n) is 5.85. The lowest BCUT2D eigenvalue weighted by molar-refractivity contribution is 0.0689. The van der Waals surface area contributed by atoms with Gasteiger partial charge in [-0.2, -0.15) is 0 Å². The summed E-state index contributed by atoms with van der Waals surface area (Å²) in [6.45, 7) is 6.74. The van der Waals surface area contributed by atoms with Gasteiger partial charge in [-0.05, 0) is 22.5 Å². The van der Waals surface area contributed by atoms with Gasteiger partial charge in [0.05, 0.1) is 4.47 Å². The Morgan fingerprint density at radius 2 is 2.11 bits per heavy atom. The molecule has 6 nitrogen and oxygen atoms in total. The van der Waals surface area contributed by atoms with E-state index in [0.717, 1.165) is 32.7 Å². The molecule has 2 heterocycles. The highest BCUT2D eigenvalue weighted by atomic mass is 79.9. The van der Waals surface area contributed by atoms with Crippen LogP contribution in [-0.2, 0) is 0 Å². The summed E-state index contributed by atoms with van der Waals surface area (Å²) in [6.07, 6.45) is 1.50. The Morgan fingerprint density at radius 3 is 2.67 bits per heavy atom. The van der Waals surface area contributed by atoms with Gasteiger partial charge in [0, 0.05) is 32.4 Å². The molecule has 0 atom stereocenters. The number of carboxylic acid groups (broad SMARTS) is 1. The average molecular weight is 315 g/mol. The van der Waals surface area contributed by atoms with Crippen LogP contribution in [0, 0.1) is 0 Å². The number of hydrogen-bond donors (Lipinski definition) is 1. The SMILES string of the molecule is CCN1CCN(c2ncc(Br)c(C(=O)O)n2)CC1. The van der Waals surface area contributed by atoms with Crippen LogP contribution in [0.25, 0.3) is 0 Å². The number of carboxylic acids is 1. The molecule has 2 rings (SSSR count). The molecule has 0 bridgehead atoms. The van der Waals surface area contributed by atoms with E-state index in [1.54, 1.807) is 0 Å². The normalized spacial score (nSPS) is 16.9. The highest BCUT2D eigenvalue weighted by Gasteiger charge is 2.20. The van der Waals surface area contributed by atoms with Crippen molar-refractivity contribution in [2.45, 2.75) is 6.92 Å². The number of aromatic nitrogens is 2. The van der Waals surface area contributed by atoms with E-state index in [4.69, 9.17) is 5.11 Å². The molecule has 98 valence electrons. The van der Waals surface area contributed by atoms with Crippen molar-refractivity contribution in [2.24, 2.45) is 0 Å². The van der Waals surface area contributed by atoms with E-state index in [1.807, 2.05) is 4.90 Å². The molecule has 0 radical (unpaired) electrons. The van der Waals surface area contributed by atoms with E-state index >= 15 is 0 Å². The van der Waals surface area contributed by atoms with Crippen LogP contribution in [0.15, 0.2) is 10.7 Å². The molecule has 0 aromatic carbocycles. The Balaban J connectivity index is 2.15. The standard InChI is InChI=1S/C11H15BrN4O2/c1-2-15-3-5-16(6-4-15)11-13-7-8(12)9(14-11)10(17)18/h7H,2-6H2,1H3,(H,17,18). The van der Waals surface area contributed by atoms with Crippen LogP contribution in [0.3, 0.4) is 0 Å². The van der Waals surface area contributed by atoms with Gasteiger partial charge >= 0.3 is 5.97 Å². The summed E-state index contributed by atoms with van der Waals surface area (Å²) in [5.74, 6) is -0.552. The van der Waals surface area contributed by atoms with Crippen molar-refractivity contribution >= 4 is 27.8 Å². The number of halogens is 1. The monoisotopic (exact) mass is 314 g/mol. The third-order valence-corrected chi connectivity index (χ3v) is 3.62. The van der Waals surface area contributed by atoms with Crippen molar-refractivity contribution in [3.63, 3.8) is 0 Å². The minimum absolute atomic E-state index is 0.0120. The number of rotatable bonds is 3. The summed E-state index contributed by atoms with van der Waals surface area (Å²) in [4.78, 5) is 23.6. The number of likely N-dealkylation sites (N-methyl/N-ethyl adjacent to an activating group) is 1. The molecule has 1 fully saturated rings.